The van der Waals surface area contributed by atoms with Gasteiger partial charge in [-0.05, 0) is 76.0 Å². The maximum Gasteiger partial charge on any atom is 0.329 e. The molecule has 1 saturated carbocycles. The van der Waals surface area contributed by atoms with E-state index in [-0.39, 0.29) is 6.04 Å². The summed E-state index contributed by atoms with van der Waals surface area (Å²) in [6.45, 7) is 3.16. The van der Waals surface area contributed by atoms with E-state index in [2.05, 4.69) is 28.1 Å². The van der Waals surface area contributed by atoms with Gasteiger partial charge in [0.05, 0.1) is 5.60 Å². The predicted octanol–water partition coefficient (Wildman–Crippen LogP) is 1.62. The van der Waals surface area contributed by atoms with Gasteiger partial charge in [0.15, 0.2) is 6.04 Å². The number of carboxylic acid groups (broad SMARTS) is 1. The fraction of sp³-hybridized carbons (Fsp3) is 0.682. The molecule has 0 bridgehead atoms. The van der Waals surface area contributed by atoms with E-state index in [1.807, 2.05) is 0 Å². The van der Waals surface area contributed by atoms with Crippen molar-refractivity contribution in [2.45, 2.75) is 82.4 Å². The van der Waals surface area contributed by atoms with E-state index in [0.29, 0.717) is 25.7 Å². The number of rotatable bonds is 9. The van der Waals surface area contributed by atoms with Crippen LogP contribution in [0.3, 0.4) is 0 Å². The van der Waals surface area contributed by atoms with E-state index in [0.717, 1.165) is 50.3 Å². The predicted molar refractivity (Wildman–Crippen MR) is 114 cm³/mol. The topological polar surface area (TPSA) is 124 Å². The van der Waals surface area contributed by atoms with Gasteiger partial charge in [0, 0.05) is 25.2 Å². The minimum atomic E-state index is -1.39. The molecule has 5 N–H and O–H groups in total. The highest BCUT2D eigenvalue weighted by Crippen LogP contribution is 2.31. The number of aromatic nitrogens is 1. The number of aliphatic carboxylic acids is 1. The minimum Gasteiger partial charge on any atom is -0.480 e. The Hall–Kier alpha value is -2.19. The SMILES string of the molecule is CC(=O)NC(C(=O)O)C1(O)CCC(NCCCCc2ccc3c(n2)NCCC3)CC1. The van der Waals surface area contributed by atoms with E-state index in [9.17, 15) is 19.8 Å². The Morgan fingerprint density at radius 2 is 2.07 bits per heavy atom. The van der Waals surface area contributed by atoms with Gasteiger partial charge in [-0.1, -0.05) is 6.07 Å². The largest absolute Gasteiger partial charge is 0.480 e. The van der Waals surface area contributed by atoms with Crippen molar-refractivity contribution in [3.63, 3.8) is 0 Å². The van der Waals surface area contributed by atoms with Gasteiger partial charge in [-0.15, -0.1) is 0 Å². The van der Waals surface area contributed by atoms with Gasteiger partial charge in [-0.25, -0.2) is 9.78 Å². The van der Waals surface area contributed by atoms with Gasteiger partial charge in [-0.2, -0.15) is 0 Å². The second-order valence-corrected chi connectivity index (χ2v) is 8.60. The van der Waals surface area contributed by atoms with Crippen LogP contribution in [0, 0.1) is 0 Å². The first-order valence-corrected chi connectivity index (χ1v) is 11.1. The Morgan fingerprint density at radius 1 is 1.30 bits per heavy atom. The highest BCUT2D eigenvalue weighted by Gasteiger charge is 2.44. The quantitative estimate of drug-likeness (QED) is 0.386. The molecule has 1 aromatic heterocycles. The number of carbonyl (C=O) groups is 2. The molecule has 0 aromatic carbocycles. The lowest BCUT2D eigenvalue weighted by atomic mass is 9.77. The fourth-order valence-electron chi connectivity index (χ4n) is 4.49. The van der Waals surface area contributed by atoms with Crippen LogP contribution >= 0.6 is 0 Å². The summed E-state index contributed by atoms with van der Waals surface area (Å²) in [5.74, 6) is -0.587. The first-order valence-electron chi connectivity index (χ1n) is 11.1. The number of pyridine rings is 1. The summed E-state index contributed by atoms with van der Waals surface area (Å²) < 4.78 is 0. The van der Waals surface area contributed by atoms with Gasteiger partial charge in [0.1, 0.15) is 5.82 Å². The molecule has 1 amide bonds. The van der Waals surface area contributed by atoms with Crippen molar-refractivity contribution in [1.29, 1.82) is 0 Å². The zero-order valence-corrected chi connectivity index (χ0v) is 17.7. The van der Waals surface area contributed by atoms with Crippen molar-refractivity contribution < 1.29 is 19.8 Å². The molecule has 1 aliphatic carbocycles. The van der Waals surface area contributed by atoms with Crippen molar-refractivity contribution in [2.24, 2.45) is 0 Å². The summed E-state index contributed by atoms with van der Waals surface area (Å²) in [5, 5.41) is 29.4. The van der Waals surface area contributed by atoms with Gasteiger partial charge < -0.3 is 26.2 Å². The Morgan fingerprint density at radius 3 is 2.77 bits per heavy atom. The number of hydrogen-bond acceptors (Lipinski definition) is 6. The van der Waals surface area contributed by atoms with Crippen LogP contribution in [0.1, 0.15) is 63.1 Å². The van der Waals surface area contributed by atoms with Crippen LogP contribution in [0.4, 0.5) is 5.82 Å². The van der Waals surface area contributed by atoms with Crippen molar-refractivity contribution in [1.82, 2.24) is 15.6 Å². The molecule has 0 spiro atoms. The summed E-state index contributed by atoms with van der Waals surface area (Å²) in [6.07, 6.45) is 7.42. The highest BCUT2D eigenvalue weighted by atomic mass is 16.4. The zero-order chi connectivity index (χ0) is 21.6. The maximum atomic E-state index is 11.5. The number of anilines is 1. The van der Waals surface area contributed by atoms with Crippen molar-refractivity contribution in [3.8, 4) is 0 Å². The number of nitrogens with one attached hydrogen (secondary N) is 3. The third kappa shape index (κ3) is 5.92. The van der Waals surface area contributed by atoms with Gasteiger partial charge in [0.2, 0.25) is 5.91 Å². The molecule has 1 fully saturated rings. The lowest BCUT2D eigenvalue weighted by Gasteiger charge is -2.40. The molecule has 2 heterocycles. The number of unbranched alkanes of at least 4 members (excludes halogenated alkanes) is 1. The maximum absolute atomic E-state index is 11.5. The third-order valence-corrected chi connectivity index (χ3v) is 6.23. The third-order valence-electron chi connectivity index (χ3n) is 6.23. The van der Waals surface area contributed by atoms with Gasteiger partial charge >= 0.3 is 5.97 Å². The van der Waals surface area contributed by atoms with Crippen LogP contribution in [-0.4, -0.2) is 57.8 Å². The highest BCUT2D eigenvalue weighted by molar-refractivity contribution is 5.83. The normalized spacial score (nSPS) is 24.4. The van der Waals surface area contributed by atoms with Gasteiger partial charge in [0.25, 0.3) is 0 Å². The second kappa shape index (κ2) is 10.2. The number of nitrogens with zero attached hydrogens (tertiary/aromatic N) is 1. The molecular formula is C22H34N4O4. The number of amides is 1. The molecule has 30 heavy (non-hydrogen) atoms. The number of fused-ring (bicyclic) bond motifs is 1. The van der Waals surface area contributed by atoms with Gasteiger partial charge in [-0.3, -0.25) is 4.79 Å². The monoisotopic (exact) mass is 418 g/mol. The molecule has 0 saturated heterocycles. The average Bonchev–Trinajstić information content (AvgIpc) is 2.73. The molecule has 0 radical (unpaired) electrons. The minimum absolute atomic E-state index is 0.267. The number of carboxylic acids is 1. The molecule has 166 valence electrons. The van der Waals surface area contributed by atoms with Crippen molar-refractivity contribution >= 4 is 17.7 Å². The molecule has 1 unspecified atom stereocenters. The van der Waals surface area contributed by atoms with Crippen LogP contribution in [0.5, 0.6) is 0 Å². The lowest BCUT2D eigenvalue weighted by Crippen LogP contribution is -2.59. The Balaban J connectivity index is 1.36. The first-order chi connectivity index (χ1) is 14.4. The summed E-state index contributed by atoms with van der Waals surface area (Å²) in [4.78, 5) is 27.5. The number of carbonyl (C=O) groups excluding carboxylic acids is 1. The number of aliphatic hydroxyl groups is 1. The Kier molecular flexibility index (Phi) is 7.66. The number of hydrogen-bond donors (Lipinski definition) is 5. The smallest absolute Gasteiger partial charge is 0.329 e. The van der Waals surface area contributed by atoms with Crippen LogP contribution in [0.15, 0.2) is 12.1 Å². The van der Waals surface area contributed by atoms with E-state index >= 15 is 0 Å². The summed E-state index contributed by atoms with van der Waals surface area (Å²) in [5.41, 5.74) is 1.05. The molecule has 3 rings (SSSR count). The summed E-state index contributed by atoms with van der Waals surface area (Å²) >= 11 is 0. The van der Waals surface area contributed by atoms with Crippen LogP contribution < -0.4 is 16.0 Å². The van der Waals surface area contributed by atoms with Crippen molar-refractivity contribution in [3.05, 3.63) is 23.4 Å². The standard InChI is InChI=1S/C22H34N4O4/c1-15(27)25-19(21(28)29)22(30)11-9-17(10-12-22)23-13-3-2-6-18-8-7-16-5-4-14-24-20(16)26-18/h7-8,17,19,23,30H,2-6,9-14H2,1H3,(H,24,26)(H,25,27)(H,28,29). The molecule has 2 aliphatic rings. The van der Waals surface area contributed by atoms with E-state index in [1.165, 1.54) is 18.9 Å². The van der Waals surface area contributed by atoms with Crippen LogP contribution in [-0.2, 0) is 22.4 Å². The van der Waals surface area contributed by atoms with E-state index in [1.54, 1.807) is 0 Å². The fourth-order valence-corrected chi connectivity index (χ4v) is 4.49. The molecule has 1 aromatic rings. The van der Waals surface area contributed by atoms with Crippen LogP contribution in [0.25, 0.3) is 0 Å². The second-order valence-electron chi connectivity index (χ2n) is 8.60. The summed E-state index contributed by atoms with van der Waals surface area (Å²) in [6, 6.07) is 3.34. The molecular weight excluding hydrogens is 384 g/mol. The van der Waals surface area contributed by atoms with E-state index in [4.69, 9.17) is 4.98 Å². The molecule has 8 heteroatoms. The summed E-state index contributed by atoms with van der Waals surface area (Å²) in [7, 11) is 0. The molecule has 8 nitrogen and oxygen atoms in total. The Labute approximate surface area is 177 Å². The van der Waals surface area contributed by atoms with Crippen LogP contribution in [0.2, 0.25) is 0 Å². The zero-order valence-electron chi connectivity index (χ0n) is 17.7. The van der Waals surface area contributed by atoms with E-state index < -0.39 is 23.5 Å². The first kappa shape index (κ1) is 22.5. The van der Waals surface area contributed by atoms with Crippen molar-refractivity contribution in [2.75, 3.05) is 18.4 Å². The molecule has 1 aliphatic heterocycles. The average molecular weight is 419 g/mol. The Bertz CT molecular complexity index is 747. The number of aryl methyl sites for hydroxylation is 2. The molecule has 1 atom stereocenters. The lowest BCUT2D eigenvalue weighted by molar-refractivity contribution is -0.152.